The van der Waals surface area contributed by atoms with Gasteiger partial charge in [0.2, 0.25) is 5.89 Å². The number of hydrogen-bond acceptors (Lipinski definition) is 12. The number of nitrogens with zero attached hydrogens (tertiary/aromatic N) is 1. The summed E-state index contributed by atoms with van der Waals surface area (Å²) in [5.74, 6) is -0.474. The van der Waals surface area contributed by atoms with Crippen LogP contribution in [-0.4, -0.2) is 85.4 Å². The number of rotatable bonds is 23. The molecular weight excluding hydrogens is 795 g/mol. The first kappa shape index (κ1) is 49.7. The van der Waals surface area contributed by atoms with Gasteiger partial charge in [-0.2, -0.15) is 0 Å². The molecule has 0 saturated heterocycles. The molecule has 5 N–H and O–H groups in total. The largest absolute Gasteiger partial charge is 0.497 e. The van der Waals surface area contributed by atoms with Gasteiger partial charge in [0.05, 0.1) is 45.6 Å². The quantitative estimate of drug-likeness (QED) is 0.0659. The van der Waals surface area contributed by atoms with E-state index in [0.29, 0.717) is 18.4 Å². The fourth-order valence-corrected chi connectivity index (χ4v) is 14.6. The molecule has 1 aromatic heterocycles. The number of carbonyl (C=O) groups is 2. The molecule has 7 atom stereocenters. The predicted molar refractivity (Wildman–Crippen MR) is 208 cm³/mol. The average molecular weight is 856 g/mol. The van der Waals surface area contributed by atoms with Crippen LogP contribution in [0.1, 0.15) is 104 Å². The van der Waals surface area contributed by atoms with Gasteiger partial charge in [-0.3, -0.25) is 23.3 Å². The molecule has 1 heterocycles. The van der Waals surface area contributed by atoms with Gasteiger partial charge in [0.15, 0.2) is 0 Å². The minimum Gasteiger partial charge on any atom is -0.497 e. The topological polar surface area (TPSA) is 259 Å². The molecule has 1 fully saturated rings. The van der Waals surface area contributed by atoms with Gasteiger partial charge in [-0.25, -0.2) is 4.98 Å². The molecule has 1 saturated carbocycles. The van der Waals surface area contributed by atoms with Crippen LogP contribution in [-0.2, 0) is 48.2 Å². The molecule has 17 nitrogen and oxygen atoms in total. The van der Waals surface area contributed by atoms with Crippen molar-refractivity contribution in [1.29, 1.82) is 0 Å². The Balaban J connectivity index is 0.000000398. The Kier molecular flexibility index (Phi) is 20.1. The molecule has 56 heavy (non-hydrogen) atoms. The molecule has 0 amide bonds. The van der Waals surface area contributed by atoms with Crippen LogP contribution in [0.25, 0.3) is 11.5 Å². The lowest BCUT2D eigenvalue weighted by molar-refractivity contribution is -0.142. The molecule has 20 heteroatoms. The zero-order valence-electron chi connectivity index (χ0n) is 33.3. The van der Waals surface area contributed by atoms with Gasteiger partial charge >= 0.3 is 34.7 Å². The Morgan fingerprint density at radius 1 is 0.946 bits per heavy atom. The summed E-state index contributed by atoms with van der Waals surface area (Å²) in [7, 11) is -14.2. The fraction of sp³-hybridized carbons (Fsp3) is 0.694. The van der Waals surface area contributed by atoms with E-state index in [0.717, 1.165) is 67.7 Å². The highest BCUT2D eigenvalue weighted by Gasteiger charge is 2.76. The highest BCUT2D eigenvalue weighted by molar-refractivity contribution is 7.76. The van der Waals surface area contributed by atoms with Crippen LogP contribution in [0, 0.1) is 18.8 Å². The third-order valence-corrected chi connectivity index (χ3v) is 17.7. The van der Waals surface area contributed by atoms with Crippen molar-refractivity contribution >= 4 is 34.7 Å². The van der Waals surface area contributed by atoms with E-state index in [-0.39, 0.29) is 18.6 Å². The first-order chi connectivity index (χ1) is 26.3. The lowest BCUT2D eigenvalue weighted by Crippen LogP contribution is -2.49. The van der Waals surface area contributed by atoms with Crippen LogP contribution in [0.3, 0.4) is 0 Å². The van der Waals surface area contributed by atoms with Gasteiger partial charge in [0, 0.05) is 5.56 Å². The number of aliphatic carboxylic acids is 2. The maximum atomic E-state index is 12.7. The Morgan fingerprint density at radius 2 is 1.57 bits per heavy atom. The number of methoxy groups -OCH3 is 1. The summed E-state index contributed by atoms with van der Waals surface area (Å²) in [5, 5.41) is 19.1. The van der Waals surface area contributed by atoms with E-state index in [4.69, 9.17) is 13.9 Å². The third kappa shape index (κ3) is 12.5. The Morgan fingerprint density at radius 3 is 2.09 bits per heavy atom. The lowest BCUT2D eigenvalue weighted by atomic mass is 9.82. The van der Waals surface area contributed by atoms with Crippen molar-refractivity contribution in [1.82, 2.24) is 4.98 Å². The van der Waals surface area contributed by atoms with E-state index in [2.05, 4.69) is 18.6 Å². The number of aryl methyl sites for hydroxylation is 1. The fourth-order valence-electron chi connectivity index (χ4n) is 6.96. The second kappa shape index (κ2) is 22.7. The van der Waals surface area contributed by atoms with Gasteiger partial charge in [-0.15, -0.1) is 0 Å². The Bertz CT molecular complexity index is 1670. The number of hydrogen-bond donors (Lipinski definition) is 5. The summed E-state index contributed by atoms with van der Waals surface area (Å²) in [4.78, 5) is 55.1. The first-order valence-electron chi connectivity index (χ1n) is 18.9. The maximum Gasteiger partial charge on any atom is 0.358 e. The van der Waals surface area contributed by atoms with Crippen molar-refractivity contribution in [3.05, 3.63) is 35.7 Å². The zero-order valence-corrected chi connectivity index (χ0v) is 36.0. The molecule has 0 spiro atoms. The van der Waals surface area contributed by atoms with E-state index in [1.165, 1.54) is 34.1 Å². The van der Waals surface area contributed by atoms with E-state index in [1.807, 2.05) is 38.1 Å². The van der Waals surface area contributed by atoms with Crippen LogP contribution < -0.4 is 4.74 Å². The molecule has 0 aliphatic heterocycles. The van der Waals surface area contributed by atoms with Crippen LogP contribution in [0.2, 0.25) is 0 Å². The number of carboxylic acids is 2. The summed E-state index contributed by atoms with van der Waals surface area (Å²) in [6.07, 6.45) is 7.43. The summed E-state index contributed by atoms with van der Waals surface area (Å²) >= 11 is 0. The summed E-state index contributed by atoms with van der Waals surface area (Å²) < 4.78 is 69.1. The normalized spacial score (nSPS) is 21.2. The second-order valence-corrected chi connectivity index (χ2v) is 19.8. The van der Waals surface area contributed by atoms with Gasteiger partial charge in [0.1, 0.15) is 22.9 Å². The molecule has 1 aromatic carbocycles. The minimum absolute atomic E-state index is 0.199. The number of ether oxygens (including phenoxy) is 2. The highest BCUT2D eigenvalue weighted by Crippen LogP contribution is 2.80. The summed E-state index contributed by atoms with van der Waals surface area (Å²) in [6.45, 7) is 8.12. The standard InChI is InChI=1S/C25H35NO5.C11H25O11P3/c1-4-7-19(25(27)28)13-12-18-8-5-11-22(14-18)30-16-23-17(2)31-24(26-23)20-9-6-10-21(15-20)29-3;1-5-9(23(14,15)20-6-2)11(10(12)13,24(16,17)21-7-3)25(18,19)22-8-4/h6,9-10,15,18-19,22H,4-5,7-8,11-14,16H2,1-3H3,(H,27,28);9H,5-8H2,1-4H3,(H,12,13)(H,14,15)(H,16,17)(H,18,19)/t18-,19?,22-;/m0./s1. The predicted octanol–water partition coefficient (Wildman–Crippen LogP) is 8.23. The van der Waals surface area contributed by atoms with Crippen molar-refractivity contribution in [2.24, 2.45) is 11.8 Å². The molecule has 320 valence electrons. The summed E-state index contributed by atoms with van der Waals surface area (Å²) in [6, 6.07) is 7.67. The van der Waals surface area contributed by atoms with Crippen molar-refractivity contribution in [2.75, 3.05) is 26.9 Å². The van der Waals surface area contributed by atoms with E-state index in [1.54, 1.807) is 7.11 Å². The van der Waals surface area contributed by atoms with E-state index < -0.39 is 64.9 Å². The zero-order chi connectivity index (χ0) is 42.3. The van der Waals surface area contributed by atoms with Gasteiger partial charge in [-0.05, 0) is 90.3 Å². The maximum absolute atomic E-state index is 12.7. The van der Waals surface area contributed by atoms with Crippen LogP contribution in [0.5, 0.6) is 5.75 Å². The molecule has 5 unspecified atom stereocenters. The van der Waals surface area contributed by atoms with Crippen LogP contribution in [0.4, 0.5) is 0 Å². The molecular formula is C36H60NO16P3. The van der Waals surface area contributed by atoms with Gasteiger partial charge < -0.3 is 52.4 Å². The third-order valence-electron chi connectivity index (χ3n) is 9.65. The minimum atomic E-state index is -5.48. The monoisotopic (exact) mass is 855 g/mol. The number of aromatic nitrogens is 1. The van der Waals surface area contributed by atoms with E-state index >= 15 is 0 Å². The van der Waals surface area contributed by atoms with Crippen molar-refractivity contribution in [3.63, 3.8) is 0 Å². The Labute approximate surface area is 329 Å². The first-order valence-corrected chi connectivity index (χ1v) is 23.7. The SMILES string of the molecule is CCCC(CC[C@@H]1CCC[C@H](OCc2nc(-c3cccc(OC)c3)oc2C)C1)C(=O)O.CCOP(=O)(O)C(CC)C(C(=O)O)(P(=O)(O)OCC)P(=O)(O)OCC. The number of carboxylic acid groups (broad SMARTS) is 2. The van der Waals surface area contributed by atoms with Crippen molar-refractivity contribution in [2.45, 2.75) is 123 Å². The molecule has 0 radical (unpaired) electrons. The van der Waals surface area contributed by atoms with Crippen LogP contribution in [0.15, 0.2) is 28.7 Å². The smallest absolute Gasteiger partial charge is 0.358 e. The van der Waals surface area contributed by atoms with E-state index in [9.17, 15) is 48.2 Å². The molecule has 2 aromatic rings. The van der Waals surface area contributed by atoms with Gasteiger partial charge in [0.25, 0.3) is 4.90 Å². The Hall–Kier alpha value is -2.42. The van der Waals surface area contributed by atoms with Crippen molar-refractivity contribution in [3.8, 4) is 17.2 Å². The molecule has 1 aliphatic rings. The van der Waals surface area contributed by atoms with Gasteiger partial charge in [-0.1, -0.05) is 39.2 Å². The molecule has 0 bridgehead atoms. The van der Waals surface area contributed by atoms with Crippen molar-refractivity contribution < 1.29 is 75.6 Å². The number of oxazole rings is 1. The second-order valence-electron chi connectivity index (χ2n) is 13.4. The molecule has 1 aliphatic carbocycles. The number of benzene rings is 1. The highest BCUT2D eigenvalue weighted by atomic mass is 31.2. The molecule has 3 rings (SSSR count). The average Bonchev–Trinajstić information content (AvgIpc) is 3.51. The van der Waals surface area contributed by atoms with Crippen LogP contribution >= 0.6 is 22.8 Å². The lowest BCUT2D eigenvalue weighted by Gasteiger charge is -2.40. The summed E-state index contributed by atoms with van der Waals surface area (Å²) in [5.41, 5.74) is -0.525.